The molecule has 5 N–H and O–H groups in total. The molecular formula is CH5N3O2. The van der Waals surface area contributed by atoms with Crippen LogP contribution in [0.1, 0.15) is 0 Å². The molecule has 0 aromatic carbocycles. The molecule has 36 valence electrons. The molecule has 0 aromatic heterocycles. The maximum absolute atomic E-state index is 7.67. The standard InChI is InChI=1S/CH5N3O2/c2-1(3-5)4-6/h5-6H,(H3,2,3,4). The van der Waals surface area contributed by atoms with Crippen LogP contribution in [0.25, 0.3) is 0 Å². The predicted octanol–water partition coefficient (Wildman–Crippen LogP) is -1.33. The van der Waals surface area contributed by atoms with Crippen LogP contribution in [0.2, 0.25) is 0 Å². The molecule has 0 amide bonds. The number of hydroxylamine groups is 1. The molecule has 0 rings (SSSR count). The molecule has 0 radical (unpaired) electrons. The molecule has 0 fully saturated rings. The zero-order valence-electron chi connectivity index (χ0n) is 2.92. The summed E-state index contributed by atoms with van der Waals surface area (Å²) in [7, 11) is 0. The molecule has 5 heteroatoms. The monoisotopic (exact) mass is 91.0 g/mol. The second kappa shape index (κ2) is 2.28. The van der Waals surface area contributed by atoms with Gasteiger partial charge in [0.25, 0.3) is 5.96 Å². The van der Waals surface area contributed by atoms with Crippen LogP contribution in [-0.4, -0.2) is 16.4 Å². The van der Waals surface area contributed by atoms with E-state index < -0.39 is 5.96 Å². The zero-order valence-corrected chi connectivity index (χ0v) is 2.92. The maximum atomic E-state index is 7.67. The van der Waals surface area contributed by atoms with Gasteiger partial charge in [0.1, 0.15) is 0 Å². The van der Waals surface area contributed by atoms with Gasteiger partial charge in [-0.3, -0.25) is 5.21 Å². The van der Waals surface area contributed by atoms with Gasteiger partial charge in [-0.2, -0.15) is 0 Å². The Bertz CT molecular complexity index is 59.8. The number of nitrogens with zero attached hydrogens (tertiary/aromatic N) is 1. The molecule has 0 aliphatic carbocycles. The fourth-order valence-corrected chi connectivity index (χ4v) is 0.0224. The number of hydrogen-bond donors (Lipinski definition) is 4. The Morgan fingerprint density at radius 2 is 2.33 bits per heavy atom. The summed E-state index contributed by atoms with van der Waals surface area (Å²) in [6.45, 7) is 0. The van der Waals surface area contributed by atoms with Crippen molar-refractivity contribution < 1.29 is 10.4 Å². The third-order valence-corrected chi connectivity index (χ3v) is 0.222. The minimum atomic E-state index is -0.421. The summed E-state index contributed by atoms with van der Waals surface area (Å²) >= 11 is 0. The van der Waals surface area contributed by atoms with Crippen LogP contribution in [-0.2, 0) is 0 Å². The number of guanidine groups is 1. The van der Waals surface area contributed by atoms with Crippen molar-refractivity contribution in [2.75, 3.05) is 0 Å². The average Bonchev–Trinajstić information content (AvgIpc) is 1.65. The van der Waals surface area contributed by atoms with Gasteiger partial charge in [-0.15, -0.1) is 0 Å². The summed E-state index contributed by atoms with van der Waals surface area (Å²) in [6.07, 6.45) is 0. The fraction of sp³-hybridized carbons (Fsp3) is 0. The summed E-state index contributed by atoms with van der Waals surface area (Å²) in [5, 5.41) is 17.6. The fourth-order valence-electron chi connectivity index (χ4n) is 0.0224. The van der Waals surface area contributed by atoms with Crippen LogP contribution in [0.15, 0.2) is 5.16 Å². The van der Waals surface area contributed by atoms with Crippen LogP contribution in [0.3, 0.4) is 0 Å². The van der Waals surface area contributed by atoms with Crippen molar-refractivity contribution in [2.45, 2.75) is 0 Å². The normalized spacial score (nSPS) is 11.2. The lowest BCUT2D eigenvalue weighted by atomic mass is 11.1. The Balaban J connectivity index is 3.22. The van der Waals surface area contributed by atoms with E-state index >= 15 is 0 Å². The molecule has 0 bridgehead atoms. The lowest BCUT2D eigenvalue weighted by molar-refractivity contribution is 0.221. The molecule has 0 spiro atoms. The summed E-state index contributed by atoms with van der Waals surface area (Å²) < 4.78 is 0. The van der Waals surface area contributed by atoms with E-state index in [2.05, 4.69) is 10.9 Å². The molecule has 0 saturated heterocycles. The maximum Gasteiger partial charge on any atom is 0.254 e. The van der Waals surface area contributed by atoms with Gasteiger partial charge in [-0.25, -0.2) is 5.48 Å². The first-order chi connectivity index (χ1) is 2.81. The van der Waals surface area contributed by atoms with E-state index in [1.807, 2.05) is 0 Å². The minimum Gasteiger partial charge on any atom is -0.408 e. The number of hydrogen-bond acceptors (Lipinski definition) is 3. The summed E-state index contributed by atoms with van der Waals surface area (Å²) in [4.78, 5) is 0. The van der Waals surface area contributed by atoms with Gasteiger partial charge < -0.3 is 10.9 Å². The zero-order chi connectivity index (χ0) is 4.99. The Kier molecular flexibility index (Phi) is 1.91. The highest BCUT2D eigenvalue weighted by molar-refractivity contribution is 5.75. The number of oxime groups is 1. The molecule has 0 aliphatic heterocycles. The van der Waals surface area contributed by atoms with Crippen LogP contribution in [0, 0.1) is 0 Å². The third kappa shape index (κ3) is 1.36. The van der Waals surface area contributed by atoms with Crippen LogP contribution < -0.4 is 11.2 Å². The molecule has 0 saturated carbocycles. The van der Waals surface area contributed by atoms with E-state index in [1.165, 1.54) is 5.48 Å². The van der Waals surface area contributed by atoms with Crippen molar-refractivity contribution in [1.82, 2.24) is 5.48 Å². The Hall–Kier alpha value is -0.970. The van der Waals surface area contributed by atoms with Crippen molar-refractivity contribution in [2.24, 2.45) is 10.9 Å². The van der Waals surface area contributed by atoms with Gasteiger partial charge >= 0.3 is 0 Å². The van der Waals surface area contributed by atoms with E-state index in [0.717, 1.165) is 0 Å². The van der Waals surface area contributed by atoms with Crippen molar-refractivity contribution in [3.8, 4) is 0 Å². The summed E-state index contributed by atoms with van der Waals surface area (Å²) in [5.41, 5.74) is 6.00. The summed E-state index contributed by atoms with van der Waals surface area (Å²) in [5.74, 6) is -0.421. The highest BCUT2D eigenvalue weighted by Gasteiger charge is 1.76. The Morgan fingerprint density at radius 1 is 1.83 bits per heavy atom. The smallest absolute Gasteiger partial charge is 0.254 e. The SMILES string of the molecule is N/C(=N\O)NO. The molecule has 0 aromatic rings. The van der Waals surface area contributed by atoms with Crippen LogP contribution >= 0.6 is 0 Å². The topological polar surface area (TPSA) is 90.9 Å². The number of rotatable bonds is 0. The second-order valence-electron chi connectivity index (χ2n) is 0.597. The number of nitrogens with two attached hydrogens (primary N) is 1. The van der Waals surface area contributed by atoms with Gasteiger partial charge in [0.2, 0.25) is 0 Å². The highest BCUT2D eigenvalue weighted by atomic mass is 16.5. The molecule has 0 aliphatic rings. The summed E-state index contributed by atoms with van der Waals surface area (Å²) in [6, 6.07) is 0. The van der Waals surface area contributed by atoms with Crippen molar-refractivity contribution in [3.63, 3.8) is 0 Å². The molecule has 0 unspecified atom stereocenters. The van der Waals surface area contributed by atoms with Gasteiger partial charge in [-0.05, 0) is 5.16 Å². The first-order valence-electron chi connectivity index (χ1n) is 1.19. The Labute approximate surface area is 34.0 Å². The highest BCUT2D eigenvalue weighted by Crippen LogP contribution is 1.46. The van der Waals surface area contributed by atoms with Crippen LogP contribution in [0.5, 0.6) is 0 Å². The van der Waals surface area contributed by atoms with Gasteiger partial charge in [-0.1, -0.05) is 0 Å². The molecular weight excluding hydrogens is 86.0 g/mol. The lowest BCUT2D eigenvalue weighted by Gasteiger charge is -1.86. The largest absolute Gasteiger partial charge is 0.408 e. The van der Waals surface area contributed by atoms with E-state index in [0.29, 0.717) is 0 Å². The van der Waals surface area contributed by atoms with Crippen LogP contribution in [0.4, 0.5) is 0 Å². The molecule has 0 heterocycles. The Morgan fingerprint density at radius 3 is 2.33 bits per heavy atom. The van der Waals surface area contributed by atoms with E-state index in [9.17, 15) is 0 Å². The van der Waals surface area contributed by atoms with E-state index in [-0.39, 0.29) is 0 Å². The van der Waals surface area contributed by atoms with Crippen molar-refractivity contribution in [1.29, 1.82) is 0 Å². The second-order valence-corrected chi connectivity index (χ2v) is 0.597. The van der Waals surface area contributed by atoms with Crippen molar-refractivity contribution in [3.05, 3.63) is 0 Å². The lowest BCUT2D eigenvalue weighted by Crippen LogP contribution is -2.27. The third-order valence-electron chi connectivity index (χ3n) is 0.222. The van der Waals surface area contributed by atoms with Gasteiger partial charge in [0.05, 0.1) is 0 Å². The van der Waals surface area contributed by atoms with Gasteiger partial charge in [0, 0.05) is 0 Å². The predicted molar refractivity (Wildman–Crippen MR) is 18.3 cm³/mol. The first kappa shape index (κ1) is 5.03. The first-order valence-corrected chi connectivity index (χ1v) is 1.19. The number of nitrogens with one attached hydrogen (secondary N) is 1. The minimum absolute atomic E-state index is 0.421. The molecule has 0 atom stereocenters. The van der Waals surface area contributed by atoms with Gasteiger partial charge in [0.15, 0.2) is 0 Å². The molecule has 6 heavy (non-hydrogen) atoms. The van der Waals surface area contributed by atoms with E-state index in [1.54, 1.807) is 0 Å². The quantitative estimate of drug-likeness (QED) is 0.129. The molecule has 5 nitrogen and oxygen atoms in total. The van der Waals surface area contributed by atoms with E-state index in [4.69, 9.17) is 10.4 Å². The average molecular weight is 91.1 g/mol. The van der Waals surface area contributed by atoms with Crippen molar-refractivity contribution >= 4 is 5.96 Å².